The maximum Gasteiger partial charge on any atom is 0.188 e. The SMILES string of the molecule is Cc1nc(SC(C)CC(C)(C#N)NC2CC2)nc(C)c1C. The summed E-state index contributed by atoms with van der Waals surface area (Å²) < 4.78 is 0. The lowest BCUT2D eigenvalue weighted by molar-refractivity contribution is 0.414. The van der Waals surface area contributed by atoms with E-state index in [1.807, 2.05) is 20.8 Å². The predicted octanol–water partition coefficient (Wildman–Crippen LogP) is 3.31. The summed E-state index contributed by atoms with van der Waals surface area (Å²) in [5.74, 6) is 0. The quantitative estimate of drug-likeness (QED) is 0.645. The van der Waals surface area contributed by atoms with Crippen molar-refractivity contribution < 1.29 is 0 Å². The molecule has 4 nitrogen and oxygen atoms in total. The van der Waals surface area contributed by atoms with Gasteiger partial charge in [0.15, 0.2) is 5.16 Å². The summed E-state index contributed by atoms with van der Waals surface area (Å²) >= 11 is 1.66. The molecule has 0 aromatic carbocycles. The van der Waals surface area contributed by atoms with Crippen LogP contribution in [0, 0.1) is 32.1 Å². The summed E-state index contributed by atoms with van der Waals surface area (Å²) in [6, 6.07) is 2.97. The molecule has 1 N–H and O–H groups in total. The second-order valence-corrected chi connectivity index (χ2v) is 7.70. The molecule has 2 rings (SSSR count). The van der Waals surface area contributed by atoms with E-state index in [1.165, 1.54) is 12.8 Å². The number of hydrogen-bond donors (Lipinski definition) is 1. The number of aromatic nitrogens is 2. The van der Waals surface area contributed by atoms with Crippen LogP contribution in [-0.2, 0) is 0 Å². The van der Waals surface area contributed by atoms with Crippen LogP contribution in [0.4, 0.5) is 0 Å². The van der Waals surface area contributed by atoms with Gasteiger partial charge >= 0.3 is 0 Å². The minimum atomic E-state index is -0.456. The fraction of sp³-hybridized carbons (Fsp3) is 0.688. The Hall–Kier alpha value is -1.12. The third-order valence-corrected chi connectivity index (χ3v) is 4.92. The van der Waals surface area contributed by atoms with Crippen molar-refractivity contribution in [1.82, 2.24) is 15.3 Å². The van der Waals surface area contributed by atoms with Crippen molar-refractivity contribution >= 4 is 11.8 Å². The van der Waals surface area contributed by atoms with Crippen LogP contribution in [-0.4, -0.2) is 26.8 Å². The lowest BCUT2D eigenvalue weighted by Gasteiger charge is -2.26. The fourth-order valence-electron chi connectivity index (χ4n) is 2.41. The maximum atomic E-state index is 9.45. The zero-order valence-corrected chi connectivity index (χ0v) is 14.3. The van der Waals surface area contributed by atoms with E-state index in [1.54, 1.807) is 11.8 Å². The number of rotatable bonds is 6. The highest BCUT2D eigenvalue weighted by Crippen LogP contribution is 2.30. The van der Waals surface area contributed by atoms with Crippen LogP contribution in [0.15, 0.2) is 5.16 Å². The van der Waals surface area contributed by atoms with Crippen molar-refractivity contribution in [3.05, 3.63) is 17.0 Å². The van der Waals surface area contributed by atoms with E-state index >= 15 is 0 Å². The first-order valence-electron chi connectivity index (χ1n) is 7.50. The molecule has 2 unspecified atom stereocenters. The topological polar surface area (TPSA) is 61.6 Å². The molecule has 1 fully saturated rings. The predicted molar refractivity (Wildman–Crippen MR) is 86.4 cm³/mol. The largest absolute Gasteiger partial charge is 0.297 e. The lowest BCUT2D eigenvalue weighted by Crippen LogP contribution is -2.44. The highest BCUT2D eigenvalue weighted by atomic mass is 32.2. The second-order valence-electron chi connectivity index (χ2n) is 6.30. The Bertz CT molecular complexity index is 539. The number of aryl methyl sites for hydroxylation is 2. The van der Waals surface area contributed by atoms with E-state index in [0.717, 1.165) is 28.5 Å². The van der Waals surface area contributed by atoms with Crippen LogP contribution in [0.1, 0.15) is 50.1 Å². The summed E-state index contributed by atoms with van der Waals surface area (Å²) in [6.07, 6.45) is 3.18. The van der Waals surface area contributed by atoms with Crippen LogP contribution < -0.4 is 5.32 Å². The van der Waals surface area contributed by atoms with Crippen LogP contribution in [0.5, 0.6) is 0 Å². The van der Waals surface area contributed by atoms with E-state index in [2.05, 4.69) is 35.2 Å². The number of nitrogens with one attached hydrogen (secondary N) is 1. The molecule has 0 spiro atoms. The van der Waals surface area contributed by atoms with Gasteiger partial charge in [0, 0.05) is 22.7 Å². The molecule has 0 saturated heterocycles. The van der Waals surface area contributed by atoms with Gasteiger partial charge in [0.05, 0.1) is 6.07 Å². The van der Waals surface area contributed by atoms with Crippen molar-refractivity contribution in [2.24, 2.45) is 0 Å². The molecule has 0 amide bonds. The Labute approximate surface area is 131 Å². The van der Waals surface area contributed by atoms with Crippen LogP contribution in [0.25, 0.3) is 0 Å². The number of nitriles is 1. The third-order valence-electron chi connectivity index (χ3n) is 3.96. The van der Waals surface area contributed by atoms with Gasteiger partial charge in [-0.15, -0.1) is 0 Å². The van der Waals surface area contributed by atoms with Crippen LogP contribution in [0.2, 0.25) is 0 Å². The Kier molecular flexibility index (Phi) is 4.90. The van der Waals surface area contributed by atoms with Gasteiger partial charge in [-0.05, 0) is 52.5 Å². The van der Waals surface area contributed by atoms with Crippen molar-refractivity contribution in [3.63, 3.8) is 0 Å². The number of nitrogens with zero attached hydrogens (tertiary/aromatic N) is 3. The molecule has 1 aliphatic rings. The summed E-state index contributed by atoms with van der Waals surface area (Å²) in [6.45, 7) is 10.2. The minimum Gasteiger partial charge on any atom is -0.297 e. The molecule has 114 valence electrons. The third kappa shape index (κ3) is 4.42. The molecule has 0 aliphatic heterocycles. The monoisotopic (exact) mass is 304 g/mol. The average Bonchev–Trinajstić information content (AvgIpc) is 3.19. The zero-order valence-electron chi connectivity index (χ0n) is 13.5. The highest BCUT2D eigenvalue weighted by Gasteiger charge is 2.34. The van der Waals surface area contributed by atoms with Gasteiger partial charge in [-0.25, -0.2) is 9.97 Å². The second kappa shape index (κ2) is 6.33. The molecule has 1 aromatic rings. The molecule has 0 bridgehead atoms. The maximum absolute atomic E-state index is 9.45. The highest BCUT2D eigenvalue weighted by molar-refractivity contribution is 7.99. The zero-order chi connectivity index (χ0) is 15.6. The summed E-state index contributed by atoms with van der Waals surface area (Å²) in [4.78, 5) is 9.10. The molecule has 0 radical (unpaired) electrons. The molecule has 1 heterocycles. The first kappa shape index (κ1) is 16.3. The molecule has 1 aliphatic carbocycles. The Morgan fingerprint density at radius 1 is 1.33 bits per heavy atom. The van der Waals surface area contributed by atoms with Gasteiger partial charge in [-0.2, -0.15) is 5.26 Å². The average molecular weight is 304 g/mol. The molecule has 1 aromatic heterocycles. The van der Waals surface area contributed by atoms with Crippen molar-refractivity contribution in [1.29, 1.82) is 5.26 Å². The van der Waals surface area contributed by atoms with Crippen LogP contribution in [0.3, 0.4) is 0 Å². The number of thioether (sulfide) groups is 1. The van der Waals surface area contributed by atoms with Gasteiger partial charge in [0.25, 0.3) is 0 Å². The molecule has 1 saturated carbocycles. The van der Waals surface area contributed by atoms with E-state index in [9.17, 15) is 5.26 Å². The fourth-order valence-corrected chi connectivity index (χ4v) is 3.56. The molecule has 21 heavy (non-hydrogen) atoms. The molecule has 2 atom stereocenters. The lowest BCUT2D eigenvalue weighted by atomic mass is 9.98. The smallest absolute Gasteiger partial charge is 0.188 e. The Morgan fingerprint density at radius 3 is 2.38 bits per heavy atom. The first-order chi connectivity index (χ1) is 9.83. The summed E-state index contributed by atoms with van der Waals surface area (Å²) in [7, 11) is 0. The molecular weight excluding hydrogens is 280 g/mol. The van der Waals surface area contributed by atoms with Gasteiger partial charge in [-0.1, -0.05) is 18.7 Å². The minimum absolute atomic E-state index is 0.294. The van der Waals surface area contributed by atoms with Gasteiger partial charge < -0.3 is 0 Å². The van der Waals surface area contributed by atoms with Crippen molar-refractivity contribution in [2.45, 2.75) is 75.9 Å². The molecular formula is C16H24N4S. The molecule has 5 heteroatoms. The van der Waals surface area contributed by atoms with E-state index < -0.39 is 5.54 Å². The Balaban J connectivity index is 2.00. The summed E-state index contributed by atoms with van der Waals surface area (Å²) in [5, 5.41) is 14.0. The summed E-state index contributed by atoms with van der Waals surface area (Å²) in [5.41, 5.74) is 2.78. The van der Waals surface area contributed by atoms with E-state index in [0.29, 0.717) is 11.3 Å². The van der Waals surface area contributed by atoms with Gasteiger partial charge in [0.2, 0.25) is 0 Å². The normalized spacial score (nSPS) is 18.9. The standard InChI is InChI=1S/C16H24N4S/c1-10(8-16(5,9-17)20-14-6-7-14)21-15-18-12(3)11(2)13(4)19-15/h10,14,20H,6-8H2,1-5H3. The van der Waals surface area contributed by atoms with Crippen molar-refractivity contribution in [2.75, 3.05) is 0 Å². The van der Waals surface area contributed by atoms with Gasteiger partial charge in [-0.3, -0.25) is 5.32 Å². The number of hydrogen-bond acceptors (Lipinski definition) is 5. The van der Waals surface area contributed by atoms with Gasteiger partial charge in [0.1, 0.15) is 5.54 Å². The van der Waals surface area contributed by atoms with E-state index in [4.69, 9.17) is 0 Å². The first-order valence-corrected chi connectivity index (χ1v) is 8.38. The van der Waals surface area contributed by atoms with Crippen molar-refractivity contribution in [3.8, 4) is 6.07 Å². The van der Waals surface area contributed by atoms with Crippen LogP contribution >= 0.6 is 11.8 Å². The van der Waals surface area contributed by atoms with E-state index in [-0.39, 0.29) is 0 Å². The Morgan fingerprint density at radius 2 is 1.90 bits per heavy atom.